The molecule has 2 heterocycles. The molecule has 1 aromatic carbocycles. The molecule has 0 atom stereocenters. The van der Waals surface area contributed by atoms with Crippen molar-refractivity contribution in [3.05, 3.63) is 35.4 Å². The van der Waals surface area contributed by atoms with E-state index in [4.69, 9.17) is 0 Å². The molecule has 7 heteroatoms. The number of carbonyl (C=O) groups excluding carboxylic acids is 3. The highest BCUT2D eigenvalue weighted by molar-refractivity contribution is 5.96. The Morgan fingerprint density at radius 2 is 1.33 bits per heavy atom. The Kier molecular flexibility index (Phi) is 7.00. The Morgan fingerprint density at radius 3 is 1.90 bits per heavy atom. The first-order chi connectivity index (χ1) is 14.3. The monoisotopic (exact) mass is 414 g/mol. The van der Waals surface area contributed by atoms with Crippen LogP contribution in [0.2, 0.25) is 0 Å². The molecule has 2 aliphatic rings. The van der Waals surface area contributed by atoms with Crippen LogP contribution in [-0.2, 0) is 10.2 Å². The van der Waals surface area contributed by atoms with E-state index in [2.05, 4.69) is 26.1 Å². The normalized spacial score (nSPS) is 17.6. The number of piperazine rings is 1. The van der Waals surface area contributed by atoms with Crippen LogP contribution in [0, 0.1) is 0 Å². The van der Waals surface area contributed by atoms with Crippen LogP contribution >= 0.6 is 0 Å². The standard InChI is InChI=1S/C23H34N4O3/c1-23(2,3)19-9-7-18(8-10-19)21(29)24-17-20(28)25-13-15-27(16-14-25)22(30)26-11-5-4-6-12-26/h7-10H,4-6,11-17H2,1-3H3,(H,24,29). The lowest BCUT2D eigenvalue weighted by Crippen LogP contribution is -2.55. The van der Waals surface area contributed by atoms with Crippen LogP contribution in [0.5, 0.6) is 0 Å². The summed E-state index contributed by atoms with van der Waals surface area (Å²) in [5.41, 5.74) is 1.74. The maximum Gasteiger partial charge on any atom is 0.320 e. The highest BCUT2D eigenvalue weighted by Crippen LogP contribution is 2.22. The van der Waals surface area contributed by atoms with Gasteiger partial charge in [-0.25, -0.2) is 4.79 Å². The molecule has 1 N–H and O–H groups in total. The lowest BCUT2D eigenvalue weighted by molar-refractivity contribution is -0.131. The van der Waals surface area contributed by atoms with Crippen molar-refractivity contribution in [3.8, 4) is 0 Å². The topological polar surface area (TPSA) is 73.0 Å². The van der Waals surface area contributed by atoms with Crippen molar-refractivity contribution >= 4 is 17.8 Å². The average Bonchev–Trinajstić information content (AvgIpc) is 2.77. The van der Waals surface area contributed by atoms with Gasteiger partial charge in [0.25, 0.3) is 5.91 Å². The number of urea groups is 1. The molecule has 0 radical (unpaired) electrons. The van der Waals surface area contributed by atoms with Gasteiger partial charge in [0.15, 0.2) is 0 Å². The number of nitrogens with zero attached hydrogens (tertiary/aromatic N) is 3. The van der Waals surface area contributed by atoms with E-state index in [1.165, 1.54) is 6.42 Å². The molecule has 0 saturated carbocycles. The third kappa shape index (κ3) is 5.52. The van der Waals surface area contributed by atoms with Crippen LogP contribution in [0.15, 0.2) is 24.3 Å². The molecule has 0 aliphatic carbocycles. The number of hydrogen-bond acceptors (Lipinski definition) is 3. The van der Waals surface area contributed by atoms with Crippen molar-refractivity contribution < 1.29 is 14.4 Å². The number of amides is 4. The number of carbonyl (C=O) groups is 3. The quantitative estimate of drug-likeness (QED) is 0.826. The summed E-state index contributed by atoms with van der Waals surface area (Å²) < 4.78 is 0. The van der Waals surface area contributed by atoms with Crippen molar-refractivity contribution in [2.75, 3.05) is 45.8 Å². The van der Waals surface area contributed by atoms with Crippen molar-refractivity contribution in [1.29, 1.82) is 0 Å². The average molecular weight is 415 g/mol. The zero-order valence-corrected chi connectivity index (χ0v) is 18.4. The van der Waals surface area contributed by atoms with Gasteiger partial charge in [0.2, 0.25) is 5.91 Å². The summed E-state index contributed by atoms with van der Waals surface area (Å²) in [5, 5.41) is 2.72. The molecule has 1 aromatic rings. The summed E-state index contributed by atoms with van der Waals surface area (Å²) in [4.78, 5) is 42.9. The van der Waals surface area contributed by atoms with E-state index in [1.807, 2.05) is 21.9 Å². The zero-order valence-electron chi connectivity index (χ0n) is 18.4. The molecule has 0 spiro atoms. The minimum Gasteiger partial charge on any atom is -0.343 e. The summed E-state index contributed by atoms with van der Waals surface area (Å²) in [6.07, 6.45) is 3.34. The van der Waals surface area contributed by atoms with Crippen LogP contribution in [-0.4, -0.2) is 78.4 Å². The summed E-state index contributed by atoms with van der Waals surface area (Å²) in [5.74, 6) is -0.359. The number of hydrogen-bond donors (Lipinski definition) is 1. The molecule has 0 bridgehead atoms. The fourth-order valence-corrected chi connectivity index (χ4v) is 3.92. The lowest BCUT2D eigenvalue weighted by Gasteiger charge is -2.38. The molecule has 0 aromatic heterocycles. The number of rotatable bonds is 3. The SMILES string of the molecule is CC(C)(C)c1ccc(C(=O)NCC(=O)N2CCN(C(=O)N3CCCCC3)CC2)cc1. The smallest absolute Gasteiger partial charge is 0.320 e. The second-order valence-corrected chi connectivity index (χ2v) is 9.21. The van der Waals surface area contributed by atoms with Crippen LogP contribution in [0.3, 0.4) is 0 Å². The molecule has 30 heavy (non-hydrogen) atoms. The maximum atomic E-state index is 12.6. The highest BCUT2D eigenvalue weighted by atomic mass is 16.2. The molecule has 4 amide bonds. The van der Waals surface area contributed by atoms with Gasteiger partial charge < -0.3 is 20.0 Å². The molecule has 3 rings (SSSR count). The molecule has 2 saturated heterocycles. The minimum atomic E-state index is -0.247. The zero-order chi connectivity index (χ0) is 21.7. The first-order valence-electron chi connectivity index (χ1n) is 11.0. The van der Waals surface area contributed by atoms with Gasteiger partial charge in [0.05, 0.1) is 6.54 Å². The number of likely N-dealkylation sites (tertiary alicyclic amines) is 1. The summed E-state index contributed by atoms with van der Waals surface area (Å²) in [6.45, 7) is 10.1. The molecule has 2 fully saturated rings. The van der Waals surface area contributed by atoms with Crippen molar-refractivity contribution in [1.82, 2.24) is 20.0 Å². The van der Waals surface area contributed by atoms with Gasteiger partial charge in [-0.1, -0.05) is 32.9 Å². The van der Waals surface area contributed by atoms with Crippen molar-refractivity contribution in [3.63, 3.8) is 0 Å². The Labute approximate surface area is 179 Å². The molecular weight excluding hydrogens is 380 g/mol. The minimum absolute atomic E-state index is 0.0279. The van der Waals surface area contributed by atoms with E-state index in [0.717, 1.165) is 31.5 Å². The van der Waals surface area contributed by atoms with Gasteiger partial charge in [-0.05, 0) is 42.4 Å². The molecule has 7 nitrogen and oxygen atoms in total. The van der Waals surface area contributed by atoms with Gasteiger partial charge >= 0.3 is 6.03 Å². The first kappa shape index (κ1) is 22.1. The Bertz CT molecular complexity index is 756. The van der Waals surface area contributed by atoms with E-state index in [0.29, 0.717) is 31.7 Å². The fraction of sp³-hybridized carbons (Fsp3) is 0.609. The summed E-state index contributed by atoms with van der Waals surface area (Å²) in [6, 6.07) is 7.59. The van der Waals surface area contributed by atoms with Crippen LogP contribution in [0.4, 0.5) is 4.79 Å². The van der Waals surface area contributed by atoms with Crippen molar-refractivity contribution in [2.45, 2.75) is 45.4 Å². The fourth-order valence-electron chi connectivity index (χ4n) is 3.92. The van der Waals surface area contributed by atoms with Gasteiger partial charge in [0.1, 0.15) is 0 Å². The predicted molar refractivity (Wildman–Crippen MR) is 116 cm³/mol. The van der Waals surface area contributed by atoms with Crippen LogP contribution in [0.25, 0.3) is 0 Å². The lowest BCUT2D eigenvalue weighted by atomic mass is 9.87. The molecular formula is C23H34N4O3. The van der Waals surface area contributed by atoms with E-state index in [9.17, 15) is 14.4 Å². The third-order valence-electron chi connectivity index (χ3n) is 5.94. The first-order valence-corrected chi connectivity index (χ1v) is 11.0. The van der Waals surface area contributed by atoms with Gasteiger partial charge in [-0.2, -0.15) is 0 Å². The largest absolute Gasteiger partial charge is 0.343 e. The van der Waals surface area contributed by atoms with Crippen LogP contribution in [0.1, 0.15) is 56.0 Å². The van der Waals surface area contributed by atoms with E-state index < -0.39 is 0 Å². The Hall–Kier alpha value is -2.57. The highest BCUT2D eigenvalue weighted by Gasteiger charge is 2.28. The third-order valence-corrected chi connectivity index (χ3v) is 5.94. The Balaban J connectivity index is 1.43. The van der Waals surface area contributed by atoms with E-state index in [1.54, 1.807) is 17.0 Å². The number of benzene rings is 1. The van der Waals surface area contributed by atoms with Gasteiger partial charge in [0, 0.05) is 44.8 Å². The molecule has 0 unspecified atom stereocenters. The van der Waals surface area contributed by atoms with E-state index >= 15 is 0 Å². The molecule has 2 aliphatic heterocycles. The maximum absolute atomic E-state index is 12.6. The van der Waals surface area contributed by atoms with Gasteiger partial charge in [-0.3, -0.25) is 9.59 Å². The van der Waals surface area contributed by atoms with Crippen LogP contribution < -0.4 is 5.32 Å². The summed E-state index contributed by atoms with van der Waals surface area (Å²) >= 11 is 0. The number of piperidine rings is 1. The summed E-state index contributed by atoms with van der Waals surface area (Å²) in [7, 11) is 0. The predicted octanol–water partition coefficient (Wildman–Crippen LogP) is 2.46. The molecule has 164 valence electrons. The Morgan fingerprint density at radius 1 is 0.800 bits per heavy atom. The van der Waals surface area contributed by atoms with E-state index in [-0.39, 0.29) is 29.8 Å². The second kappa shape index (κ2) is 9.49. The van der Waals surface area contributed by atoms with Crippen molar-refractivity contribution in [2.24, 2.45) is 0 Å². The van der Waals surface area contributed by atoms with Gasteiger partial charge in [-0.15, -0.1) is 0 Å². The number of nitrogens with one attached hydrogen (secondary N) is 1. The second-order valence-electron chi connectivity index (χ2n) is 9.21.